The van der Waals surface area contributed by atoms with Gasteiger partial charge in [0.1, 0.15) is 6.04 Å². The number of nitriles is 1. The minimum absolute atomic E-state index is 0.127. The summed E-state index contributed by atoms with van der Waals surface area (Å²) >= 11 is 2.23. The molecule has 2 aromatic rings. The fourth-order valence-corrected chi connectivity index (χ4v) is 2.10. The number of amides is 1. The van der Waals surface area contributed by atoms with Gasteiger partial charge in [-0.05, 0) is 78.0 Å². The molecule has 1 atom stereocenters. The SMILES string of the molecule is C[C@H](Nc1ccc(I)cc1)C(=O)Nc1ccc(C#N)cc1. The highest BCUT2D eigenvalue weighted by Gasteiger charge is 2.12. The predicted octanol–water partition coefficient (Wildman–Crippen LogP) is 3.60. The molecule has 0 fully saturated rings. The number of carbonyl (C=O) groups excluding carboxylic acids is 1. The van der Waals surface area contributed by atoms with Crippen molar-refractivity contribution in [3.8, 4) is 6.07 Å². The number of nitrogens with zero attached hydrogens (tertiary/aromatic N) is 1. The Morgan fingerprint density at radius 3 is 2.24 bits per heavy atom. The van der Waals surface area contributed by atoms with Gasteiger partial charge in [-0.2, -0.15) is 5.26 Å². The summed E-state index contributed by atoms with van der Waals surface area (Å²) in [6.07, 6.45) is 0. The van der Waals surface area contributed by atoms with Crippen molar-refractivity contribution in [1.82, 2.24) is 0 Å². The highest BCUT2D eigenvalue weighted by molar-refractivity contribution is 14.1. The lowest BCUT2D eigenvalue weighted by Gasteiger charge is -2.15. The largest absolute Gasteiger partial charge is 0.374 e. The van der Waals surface area contributed by atoms with Crippen LogP contribution in [0.3, 0.4) is 0 Å². The summed E-state index contributed by atoms with van der Waals surface area (Å²) in [5, 5.41) is 14.7. The zero-order valence-electron chi connectivity index (χ0n) is 11.4. The van der Waals surface area contributed by atoms with E-state index in [1.54, 1.807) is 31.2 Å². The highest BCUT2D eigenvalue weighted by atomic mass is 127. The average Bonchev–Trinajstić information content (AvgIpc) is 2.50. The Morgan fingerprint density at radius 1 is 1.10 bits per heavy atom. The maximum absolute atomic E-state index is 12.1. The molecule has 1 amide bonds. The molecule has 0 aliphatic heterocycles. The van der Waals surface area contributed by atoms with Crippen LogP contribution in [-0.2, 0) is 4.79 Å². The summed E-state index contributed by atoms with van der Waals surface area (Å²) in [7, 11) is 0. The Morgan fingerprint density at radius 2 is 1.67 bits per heavy atom. The van der Waals surface area contributed by atoms with Crippen molar-refractivity contribution in [2.45, 2.75) is 13.0 Å². The van der Waals surface area contributed by atoms with Crippen LogP contribution >= 0.6 is 22.6 Å². The molecule has 5 heteroatoms. The number of halogens is 1. The number of anilines is 2. The van der Waals surface area contributed by atoms with E-state index in [0.29, 0.717) is 11.3 Å². The van der Waals surface area contributed by atoms with E-state index in [1.165, 1.54) is 0 Å². The number of rotatable bonds is 4. The molecule has 2 N–H and O–H groups in total. The van der Waals surface area contributed by atoms with Gasteiger partial charge in [-0.1, -0.05) is 0 Å². The highest BCUT2D eigenvalue weighted by Crippen LogP contribution is 2.13. The molecule has 21 heavy (non-hydrogen) atoms. The summed E-state index contributed by atoms with van der Waals surface area (Å²) in [4.78, 5) is 12.1. The molecule has 2 rings (SSSR count). The van der Waals surface area contributed by atoms with Crippen LogP contribution in [0.4, 0.5) is 11.4 Å². The van der Waals surface area contributed by atoms with Crippen LogP contribution in [0, 0.1) is 14.9 Å². The van der Waals surface area contributed by atoms with E-state index < -0.39 is 0 Å². The third kappa shape index (κ3) is 4.46. The lowest BCUT2D eigenvalue weighted by Crippen LogP contribution is -2.31. The normalized spacial score (nSPS) is 11.3. The molecule has 2 aromatic carbocycles. The average molecular weight is 391 g/mol. The lowest BCUT2D eigenvalue weighted by molar-refractivity contribution is -0.116. The fourth-order valence-electron chi connectivity index (χ4n) is 1.74. The molecule has 0 radical (unpaired) electrons. The Hall–Kier alpha value is -2.07. The van der Waals surface area contributed by atoms with Crippen LogP contribution < -0.4 is 10.6 Å². The van der Waals surface area contributed by atoms with E-state index in [2.05, 4.69) is 33.2 Å². The summed E-state index contributed by atoms with van der Waals surface area (Å²) in [5.74, 6) is -0.127. The fraction of sp³-hybridized carbons (Fsp3) is 0.125. The molecule has 0 aromatic heterocycles. The van der Waals surface area contributed by atoms with Gasteiger partial charge in [0.25, 0.3) is 0 Å². The molecule has 0 saturated heterocycles. The second-order valence-corrected chi connectivity index (χ2v) is 5.80. The molecule has 0 aliphatic rings. The number of hydrogen-bond donors (Lipinski definition) is 2. The van der Waals surface area contributed by atoms with Gasteiger partial charge in [-0.3, -0.25) is 4.79 Å². The Labute approximate surface area is 137 Å². The van der Waals surface area contributed by atoms with Gasteiger partial charge in [-0.25, -0.2) is 0 Å². The second kappa shape index (κ2) is 7.09. The first-order valence-corrected chi connectivity index (χ1v) is 7.49. The Kier molecular flexibility index (Phi) is 5.17. The monoisotopic (exact) mass is 391 g/mol. The first-order valence-electron chi connectivity index (χ1n) is 6.41. The maximum Gasteiger partial charge on any atom is 0.246 e. The van der Waals surface area contributed by atoms with E-state index in [1.807, 2.05) is 30.3 Å². The number of benzene rings is 2. The van der Waals surface area contributed by atoms with E-state index in [0.717, 1.165) is 9.26 Å². The summed E-state index contributed by atoms with van der Waals surface area (Å²) in [5.41, 5.74) is 2.14. The number of nitrogens with one attached hydrogen (secondary N) is 2. The van der Waals surface area contributed by atoms with Crippen molar-refractivity contribution in [2.75, 3.05) is 10.6 Å². The topological polar surface area (TPSA) is 64.9 Å². The molecule has 106 valence electrons. The Bertz CT molecular complexity index is 659. The van der Waals surface area contributed by atoms with E-state index >= 15 is 0 Å². The molecular formula is C16H14IN3O. The predicted molar refractivity (Wildman–Crippen MR) is 92.0 cm³/mol. The van der Waals surface area contributed by atoms with E-state index in [9.17, 15) is 4.79 Å². The van der Waals surface area contributed by atoms with Gasteiger partial charge in [-0.15, -0.1) is 0 Å². The van der Waals surface area contributed by atoms with Gasteiger partial charge in [0.15, 0.2) is 0 Å². The van der Waals surface area contributed by atoms with Crippen molar-refractivity contribution in [3.63, 3.8) is 0 Å². The molecular weight excluding hydrogens is 377 g/mol. The van der Waals surface area contributed by atoms with Gasteiger partial charge in [0.05, 0.1) is 11.6 Å². The van der Waals surface area contributed by atoms with Crippen LogP contribution in [0.1, 0.15) is 12.5 Å². The number of carbonyl (C=O) groups is 1. The van der Waals surface area contributed by atoms with Gasteiger partial charge in [0.2, 0.25) is 5.91 Å². The summed E-state index contributed by atoms with van der Waals surface area (Å²) in [6.45, 7) is 1.80. The molecule has 0 spiro atoms. The summed E-state index contributed by atoms with van der Waals surface area (Å²) < 4.78 is 1.15. The molecule has 0 aliphatic carbocycles. The lowest BCUT2D eigenvalue weighted by atomic mass is 10.2. The second-order valence-electron chi connectivity index (χ2n) is 4.55. The van der Waals surface area contributed by atoms with Crippen molar-refractivity contribution < 1.29 is 4.79 Å². The molecule has 0 saturated carbocycles. The van der Waals surface area contributed by atoms with Gasteiger partial charge >= 0.3 is 0 Å². The van der Waals surface area contributed by atoms with Crippen molar-refractivity contribution in [2.24, 2.45) is 0 Å². The van der Waals surface area contributed by atoms with Crippen LogP contribution in [-0.4, -0.2) is 11.9 Å². The summed E-state index contributed by atoms with van der Waals surface area (Å²) in [6, 6.07) is 16.3. The Balaban J connectivity index is 1.95. The van der Waals surface area contributed by atoms with Gasteiger partial charge < -0.3 is 10.6 Å². The number of hydrogen-bond acceptors (Lipinski definition) is 3. The molecule has 4 nitrogen and oxygen atoms in total. The molecule has 0 unspecified atom stereocenters. The first kappa shape index (κ1) is 15.3. The third-order valence-corrected chi connectivity index (χ3v) is 3.62. The maximum atomic E-state index is 12.1. The van der Waals surface area contributed by atoms with E-state index in [4.69, 9.17) is 5.26 Å². The van der Waals surface area contributed by atoms with Crippen molar-refractivity contribution >= 4 is 39.9 Å². The quantitative estimate of drug-likeness (QED) is 0.783. The van der Waals surface area contributed by atoms with Crippen molar-refractivity contribution in [3.05, 3.63) is 57.7 Å². The first-order chi connectivity index (χ1) is 10.1. The zero-order valence-corrected chi connectivity index (χ0v) is 13.6. The van der Waals surface area contributed by atoms with Crippen LogP contribution in [0.25, 0.3) is 0 Å². The smallest absolute Gasteiger partial charge is 0.246 e. The minimum Gasteiger partial charge on any atom is -0.374 e. The van der Waals surface area contributed by atoms with Crippen molar-refractivity contribution in [1.29, 1.82) is 5.26 Å². The third-order valence-electron chi connectivity index (χ3n) is 2.90. The standard InChI is InChI=1S/C16H14IN3O/c1-11(19-14-8-4-13(17)5-9-14)16(21)20-15-6-2-12(10-18)3-7-15/h2-9,11,19H,1H3,(H,20,21)/t11-/m0/s1. The molecule has 0 bridgehead atoms. The zero-order chi connectivity index (χ0) is 15.2. The van der Waals surface area contributed by atoms with E-state index in [-0.39, 0.29) is 11.9 Å². The minimum atomic E-state index is -0.360. The molecule has 0 heterocycles. The van der Waals surface area contributed by atoms with Gasteiger partial charge in [0, 0.05) is 14.9 Å². The van der Waals surface area contributed by atoms with Crippen LogP contribution in [0.5, 0.6) is 0 Å². The van der Waals surface area contributed by atoms with Crippen LogP contribution in [0.2, 0.25) is 0 Å². The van der Waals surface area contributed by atoms with Crippen LogP contribution in [0.15, 0.2) is 48.5 Å².